The SMILES string of the molecule is C[C@@H]1CCC[C@H](C)[I-]1. The first-order chi connectivity index (χ1) is 3.79. The molecule has 0 unspecified atom stereocenters. The molecule has 1 saturated heterocycles. The van der Waals surface area contributed by atoms with Crippen molar-refractivity contribution in [1.82, 2.24) is 0 Å². The van der Waals surface area contributed by atoms with Crippen LogP contribution in [-0.4, -0.2) is 7.85 Å². The topological polar surface area (TPSA) is 0 Å². The summed E-state index contributed by atoms with van der Waals surface area (Å²) in [6.07, 6.45) is 4.55. The van der Waals surface area contributed by atoms with Crippen LogP contribution in [0.2, 0.25) is 0 Å². The molecule has 1 aliphatic heterocycles. The number of hydrogen-bond donors (Lipinski definition) is 0. The van der Waals surface area contributed by atoms with E-state index < -0.39 is 0 Å². The molecule has 2 atom stereocenters. The average Bonchev–Trinajstić information content (AvgIpc) is 1.64. The molecule has 8 heavy (non-hydrogen) atoms. The quantitative estimate of drug-likeness (QED) is 0.368. The summed E-state index contributed by atoms with van der Waals surface area (Å²) >= 11 is 0.589. The van der Waals surface area contributed by atoms with E-state index in [2.05, 4.69) is 13.8 Å². The summed E-state index contributed by atoms with van der Waals surface area (Å²) in [4.78, 5) is 0. The Labute approximate surface area is 62.3 Å². The van der Waals surface area contributed by atoms with Crippen molar-refractivity contribution in [2.45, 2.75) is 41.0 Å². The third kappa shape index (κ3) is 1.92. The van der Waals surface area contributed by atoms with Gasteiger partial charge in [-0.3, -0.25) is 0 Å². The van der Waals surface area contributed by atoms with E-state index in [1.807, 2.05) is 0 Å². The van der Waals surface area contributed by atoms with Gasteiger partial charge >= 0.3 is 62.2 Å². The first-order valence-electron chi connectivity index (χ1n) is 3.41. The van der Waals surface area contributed by atoms with Crippen LogP contribution in [0.5, 0.6) is 0 Å². The van der Waals surface area contributed by atoms with Crippen LogP contribution < -0.4 is 21.2 Å². The monoisotopic (exact) mass is 225 g/mol. The van der Waals surface area contributed by atoms with Gasteiger partial charge in [0.2, 0.25) is 0 Å². The van der Waals surface area contributed by atoms with Gasteiger partial charge in [0.1, 0.15) is 0 Å². The van der Waals surface area contributed by atoms with Gasteiger partial charge < -0.3 is 0 Å². The van der Waals surface area contributed by atoms with Crippen LogP contribution in [0.25, 0.3) is 0 Å². The van der Waals surface area contributed by atoms with Crippen LogP contribution in [0.1, 0.15) is 33.1 Å². The second-order valence-electron chi connectivity index (χ2n) is 2.62. The Morgan fingerprint density at radius 3 is 1.88 bits per heavy atom. The molecule has 0 saturated carbocycles. The number of halogens is 1. The van der Waals surface area contributed by atoms with Gasteiger partial charge in [-0.15, -0.1) is 0 Å². The van der Waals surface area contributed by atoms with Crippen LogP contribution in [0, 0.1) is 0 Å². The summed E-state index contributed by atoms with van der Waals surface area (Å²) in [7, 11) is 0. The van der Waals surface area contributed by atoms with Crippen molar-refractivity contribution in [1.29, 1.82) is 0 Å². The zero-order valence-corrected chi connectivity index (χ0v) is 7.81. The molecule has 1 heterocycles. The third-order valence-electron chi connectivity index (χ3n) is 1.63. The fourth-order valence-electron chi connectivity index (χ4n) is 1.17. The molecule has 0 nitrogen and oxygen atoms in total. The summed E-state index contributed by atoms with van der Waals surface area (Å²) in [5.41, 5.74) is 0. The predicted molar refractivity (Wildman–Crippen MR) is 32.8 cm³/mol. The number of alkyl halides is 2. The zero-order valence-electron chi connectivity index (χ0n) is 5.65. The molecule has 0 aromatic carbocycles. The first kappa shape index (κ1) is 6.84. The van der Waals surface area contributed by atoms with Gasteiger partial charge in [-0.05, 0) is 0 Å². The van der Waals surface area contributed by atoms with Crippen molar-refractivity contribution in [2.24, 2.45) is 0 Å². The van der Waals surface area contributed by atoms with Gasteiger partial charge in [-0.1, -0.05) is 0 Å². The van der Waals surface area contributed by atoms with Crippen molar-refractivity contribution in [3.63, 3.8) is 0 Å². The van der Waals surface area contributed by atoms with Crippen molar-refractivity contribution >= 4 is 0 Å². The molecule has 1 aliphatic rings. The van der Waals surface area contributed by atoms with Gasteiger partial charge in [0.25, 0.3) is 0 Å². The van der Waals surface area contributed by atoms with E-state index in [4.69, 9.17) is 0 Å². The molecule has 0 aromatic rings. The fraction of sp³-hybridized carbons (Fsp3) is 1.00. The Hall–Kier alpha value is 0.730. The van der Waals surface area contributed by atoms with Gasteiger partial charge in [-0.25, -0.2) is 0 Å². The van der Waals surface area contributed by atoms with Crippen LogP contribution in [0.15, 0.2) is 0 Å². The van der Waals surface area contributed by atoms with Crippen molar-refractivity contribution in [3.8, 4) is 0 Å². The molecular weight excluding hydrogens is 211 g/mol. The summed E-state index contributed by atoms with van der Waals surface area (Å²) in [6.45, 7) is 4.84. The fourth-order valence-corrected chi connectivity index (χ4v) is 4.87. The van der Waals surface area contributed by atoms with E-state index in [-0.39, 0.29) is 0 Å². The summed E-state index contributed by atoms with van der Waals surface area (Å²) in [5.74, 6) is 0. The minimum absolute atomic E-state index is 0.589. The normalized spacial score (nSPS) is 40.8. The van der Waals surface area contributed by atoms with Crippen LogP contribution in [0.3, 0.4) is 0 Å². The number of rotatable bonds is 0. The summed E-state index contributed by atoms with van der Waals surface area (Å²) in [5, 5.41) is 0. The Bertz CT molecular complexity index is 62.8. The molecule has 0 N–H and O–H groups in total. The van der Waals surface area contributed by atoms with Crippen LogP contribution in [0.4, 0.5) is 0 Å². The molecule has 0 amide bonds. The van der Waals surface area contributed by atoms with E-state index in [0.29, 0.717) is 21.2 Å². The molecule has 1 fully saturated rings. The Balaban J connectivity index is 2.23. The van der Waals surface area contributed by atoms with E-state index >= 15 is 0 Å². The van der Waals surface area contributed by atoms with E-state index in [1.54, 1.807) is 0 Å². The zero-order chi connectivity index (χ0) is 5.98. The standard InChI is InChI=1S/C7H14I/c1-6-4-3-5-7(2)8-6/h6-7H,3-5H2,1-2H3/q-1/t6-,7+. The molecule has 1 rings (SSSR count). The number of hydrogen-bond acceptors (Lipinski definition) is 0. The average molecular weight is 225 g/mol. The molecule has 0 radical (unpaired) electrons. The van der Waals surface area contributed by atoms with E-state index in [9.17, 15) is 0 Å². The summed E-state index contributed by atoms with van der Waals surface area (Å²) < 4.78 is 2.25. The van der Waals surface area contributed by atoms with E-state index in [0.717, 1.165) is 7.85 Å². The van der Waals surface area contributed by atoms with Gasteiger partial charge in [0.05, 0.1) is 0 Å². The maximum atomic E-state index is 2.42. The van der Waals surface area contributed by atoms with Crippen LogP contribution >= 0.6 is 0 Å². The molecule has 0 aliphatic carbocycles. The second-order valence-corrected chi connectivity index (χ2v) is 7.59. The summed E-state index contributed by atoms with van der Waals surface area (Å²) in [6, 6.07) is 0. The third-order valence-corrected chi connectivity index (χ3v) is 5.33. The van der Waals surface area contributed by atoms with Crippen molar-refractivity contribution in [2.75, 3.05) is 0 Å². The Morgan fingerprint density at radius 1 is 1.12 bits per heavy atom. The molecule has 0 bridgehead atoms. The van der Waals surface area contributed by atoms with Crippen LogP contribution in [-0.2, 0) is 0 Å². The second kappa shape index (κ2) is 3.04. The molecule has 50 valence electrons. The molecular formula is C7H14I-. The van der Waals surface area contributed by atoms with Gasteiger partial charge in [0.15, 0.2) is 0 Å². The maximum absolute atomic E-state index is 2.42. The van der Waals surface area contributed by atoms with Crippen molar-refractivity contribution in [3.05, 3.63) is 0 Å². The molecule has 1 heteroatoms. The Kier molecular flexibility index (Phi) is 2.60. The van der Waals surface area contributed by atoms with E-state index in [1.165, 1.54) is 19.3 Å². The molecule has 0 spiro atoms. The van der Waals surface area contributed by atoms with Crippen molar-refractivity contribution < 1.29 is 21.2 Å². The Morgan fingerprint density at radius 2 is 1.62 bits per heavy atom. The minimum atomic E-state index is 0.589. The molecule has 0 aromatic heterocycles. The first-order valence-corrected chi connectivity index (χ1v) is 5.90. The van der Waals surface area contributed by atoms with Gasteiger partial charge in [0, 0.05) is 0 Å². The predicted octanol–water partition coefficient (Wildman–Crippen LogP) is -0.964. The van der Waals surface area contributed by atoms with Gasteiger partial charge in [-0.2, -0.15) is 0 Å².